The molecule has 0 aliphatic carbocycles. The van der Waals surface area contributed by atoms with Crippen molar-refractivity contribution >= 4 is 27.8 Å². The van der Waals surface area contributed by atoms with Crippen molar-refractivity contribution in [2.24, 2.45) is 7.05 Å². The Morgan fingerprint density at radius 3 is 2.94 bits per heavy atom. The highest BCUT2D eigenvalue weighted by Crippen LogP contribution is 2.11. The number of pyridine rings is 1. The largest absolute Gasteiger partial charge is 0.289 e. The number of hydrogen-bond donors (Lipinski definition) is 0. The fourth-order valence-electron chi connectivity index (χ4n) is 1.33. The number of nitrogens with zero attached hydrogens (tertiary/aromatic N) is 3. The van der Waals surface area contributed by atoms with Gasteiger partial charge < -0.3 is 0 Å². The molecule has 2 aromatic rings. The minimum atomic E-state index is -0.0931. The molecule has 2 heterocycles. The lowest BCUT2D eigenvalue weighted by atomic mass is 10.2. The van der Waals surface area contributed by atoms with Crippen LogP contribution < -0.4 is 0 Å². The van der Waals surface area contributed by atoms with E-state index in [0.717, 1.165) is 10.2 Å². The second-order valence-corrected chi connectivity index (χ2v) is 4.42. The third-order valence-corrected chi connectivity index (χ3v) is 2.56. The summed E-state index contributed by atoms with van der Waals surface area (Å²) in [6, 6.07) is 3.57. The summed E-state index contributed by atoms with van der Waals surface area (Å²) in [6.07, 6.45) is 8.18. The molecule has 0 unspecified atom stereocenters. The van der Waals surface area contributed by atoms with Crippen molar-refractivity contribution in [2.75, 3.05) is 0 Å². The molecule has 0 bridgehead atoms. The van der Waals surface area contributed by atoms with E-state index in [1.54, 1.807) is 23.0 Å². The van der Waals surface area contributed by atoms with Crippen LogP contribution in [0.25, 0.3) is 6.08 Å². The Kier molecular flexibility index (Phi) is 3.49. The standard InChI is InChI=1S/C12H10BrN3O/c1-16-5-4-11(15-16)2-3-12(17)9-6-10(13)8-14-7-9/h2-8H,1H3. The Morgan fingerprint density at radius 1 is 1.47 bits per heavy atom. The molecule has 5 heteroatoms. The van der Waals surface area contributed by atoms with Gasteiger partial charge in [0.15, 0.2) is 5.78 Å². The van der Waals surface area contributed by atoms with Crippen LogP contribution in [0.4, 0.5) is 0 Å². The maximum atomic E-state index is 11.8. The minimum absolute atomic E-state index is 0.0931. The highest BCUT2D eigenvalue weighted by Gasteiger charge is 2.02. The molecule has 0 saturated carbocycles. The summed E-state index contributed by atoms with van der Waals surface area (Å²) >= 11 is 3.28. The van der Waals surface area contributed by atoms with Crippen molar-refractivity contribution in [3.63, 3.8) is 0 Å². The van der Waals surface area contributed by atoms with Gasteiger partial charge in [-0.2, -0.15) is 5.10 Å². The molecule has 0 aromatic carbocycles. The van der Waals surface area contributed by atoms with Gasteiger partial charge in [0, 0.05) is 35.7 Å². The van der Waals surface area contributed by atoms with Gasteiger partial charge in [0.25, 0.3) is 0 Å². The molecule has 0 spiro atoms. The first-order chi connectivity index (χ1) is 8.15. The Hall–Kier alpha value is -1.75. The van der Waals surface area contributed by atoms with Gasteiger partial charge in [-0.15, -0.1) is 0 Å². The average Bonchev–Trinajstić information content (AvgIpc) is 2.72. The molecule has 0 radical (unpaired) electrons. The van der Waals surface area contributed by atoms with Crippen LogP contribution in [0.1, 0.15) is 16.1 Å². The van der Waals surface area contributed by atoms with Gasteiger partial charge in [0.05, 0.1) is 5.69 Å². The second-order valence-electron chi connectivity index (χ2n) is 3.50. The Morgan fingerprint density at radius 2 is 2.29 bits per heavy atom. The zero-order valence-corrected chi connectivity index (χ0v) is 10.8. The summed E-state index contributed by atoms with van der Waals surface area (Å²) in [4.78, 5) is 15.7. The van der Waals surface area contributed by atoms with Crippen molar-refractivity contribution in [1.82, 2.24) is 14.8 Å². The second kappa shape index (κ2) is 5.05. The van der Waals surface area contributed by atoms with Gasteiger partial charge in [0.1, 0.15) is 0 Å². The molecule has 0 aliphatic rings. The van der Waals surface area contributed by atoms with Crippen LogP contribution in [0.5, 0.6) is 0 Å². The Labute approximate surface area is 107 Å². The van der Waals surface area contributed by atoms with E-state index in [2.05, 4.69) is 26.0 Å². The summed E-state index contributed by atoms with van der Waals surface area (Å²) in [5, 5.41) is 4.15. The smallest absolute Gasteiger partial charge is 0.187 e. The monoisotopic (exact) mass is 291 g/mol. The number of rotatable bonds is 3. The number of aromatic nitrogens is 3. The van der Waals surface area contributed by atoms with Crippen molar-refractivity contribution in [1.29, 1.82) is 0 Å². The van der Waals surface area contributed by atoms with E-state index >= 15 is 0 Å². The van der Waals surface area contributed by atoms with E-state index in [1.807, 2.05) is 19.3 Å². The van der Waals surface area contributed by atoms with Crippen molar-refractivity contribution in [3.05, 3.63) is 52.5 Å². The highest BCUT2D eigenvalue weighted by atomic mass is 79.9. The van der Waals surface area contributed by atoms with E-state index in [1.165, 1.54) is 12.3 Å². The molecule has 2 rings (SSSR count). The van der Waals surface area contributed by atoms with Gasteiger partial charge in [-0.1, -0.05) is 0 Å². The molecule has 2 aromatic heterocycles. The summed E-state index contributed by atoms with van der Waals surface area (Å²) in [6.45, 7) is 0. The first-order valence-corrected chi connectivity index (χ1v) is 5.77. The molecule has 0 N–H and O–H groups in total. The highest BCUT2D eigenvalue weighted by molar-refractivity contribution is 9.10. The molecule has 86 valence electrons. The number of allylic oxidation sites excluding steroid dienone is 1. The molecule has 0 fully saturated rings. The Bertz CT molecular complexity index is 575. The lowest BCUT2D eigenvalue weighted by Crippen LogP contribution is -1.95. The summed E-state index contributed by atoms with van der Waals surface area (Å²) in [5.74, 6) is -0.0931. The SMILES string of the molecule is Cn1ccc(C=CC(=O)c2cncc(Br)c2)n1. The molecule has 17 heavy (non-hydrogen) atoms. The molecule has 0 saturated heterocycles. The van der Waals surface area contributed by atoms with E-state index in [9.17, 15) is 4.79 Å². The minimum Gasteiger partial charge on any atom is -0.289 e. The number of ketones is 1. The van der Waals surface area contributed by atoms with E-state index < -0.39 is 0 Å². The lowest BCUT2D eigenvalue weighted by molar-refractivity contribution is 0.104. The molecule has 0 atom stereocenters. The maximum Gasteiger partial charge on any atom is 0.187 e. The zero-order chi connectivity index (χ0) is 12.3. The van der Waals surface area contributed by atoms with Gasteiger partial charge >= 0.3 is 0 Å². The van der Waals surface area contributed by atoms with Crippen LogP contribution in [0, 0.1) is 0 Å². The van der Waals surface area contributed by atoms with Crippen LogP contribution in [-0.2, 0) is 7.05 Å². The number of halogens is 1. The van der Waals surface area contributed by atoms with Gasteiger partial charge in [-0.3, -0.25) is 14.5 Å². The molecule has 0 aliphatic heterocycles. The van der Waals surface area contributed by atoms with Gasteiger partial charge in [0.2, 0.25) is 0 Å². The average molecular weight is 292 g/mol. The predicted molar refractivity (Wildman–Crippen MR) is 68.5 cm³/mol. The van der Waals surface area contributed by atoms with Crippen LogP contribution >= 0.6 is 15.9 Å². The van der Waals surface area contributed by atoms with Crippen LogP contribution in [0.3, 0.4) is 0 Å². The zero-order valence-electron chi connectivity index (χ0n) is 9.17. The van der Waals surface area contributed by atoms with E-state index in [0.29, 0.717) is 5.56 Å². The van der Waals surface area contributed by atoms with Crippen molar-refractivity contribution in [3.8, 4) is 0 Å². The summed E-state index contributed by atoms with van der Waals surface area (Å²) in [7, 11) is 1.83. The molecule has 4 nitrogen and oxygen atoms in total. The number of carbonyl (C=O) groups excluding carboxylic acids is 1. The Balaban J connectivity index is 2.14. The predicted octanol–water partition coefficient (Wildman–Crippen LogP) is 2.47. The third-order valence-electron chi connectivity index (χ3n) is 2.13. The van der Waals surface area contributed by atoms with Crippen LogP contribution in [-0.4, -0.2) is 20.5 Å². The van der Waals surface area contributed by atoms with E-state index in [-0.39, 0.29) is 5.78 Å². The number of carbonyl (C=O) groups is 1. The molecular formula is C12H10BrN3O. The summed E-state index contributed by atoms with van der Waals surface area (Å²) in [5.41, 5.74) is 1.30. The quantitative estimate of drug-likeness (QED) is 0.645. The first-order valence-electron chi connectivity index (χ1n) is 4.98. The fourth-order valence-corrected chi connectivity index (χ4v) is 1.69. The van der Waals surface area contributed by atoms with Crippen LogP contribution in [0.2, 0.25) is 0 Å². The maximum absolute atomic E-state index is 11.8. The van der Waals surface area contributed by atoms with Crippen LogP contribution in [0.15, 0.2) is 41.3 Å². The first kappa shape index (κ1) is 11.7. The van der Waals surface area contributed by atoms with Crippen molar-refractivity contribution in [2.45, 2.75) is 0 Å². The molecule has 0 amide bonds. The molecular weight excluding hydrogens is 282 g/mol. The topological polar surface area (TPSA) is 47.8 Å². The van der Waals surface area contributed by atoms with Gasteiger partial charge in [-0.25, -0.2) is 0 Å². The fraction of sp³-hybridized carbons (Fsp3) is 0.0833. The van der Waals surface area contributed by atoms with Crippen molar-refractivity contribution < 1.29 is 4.79 Å². The normalized spacial score (nSPS) is 10.9. The third kappa shape index (κ3) is 3.10. The summed E-state index contributed by atoms with van der Waals surface area (Å²) < 4.78 is 2.47. The van der Waals surface area contributed by atoms with Gasteiger partial charge in [-0.05, 0) is 40.2 Å². The number of aryl methyl sites for hydroxylation is 1. The van der Waals surface area contributed by atoms with E-state index in [4.69, 9.17) is 0 Å². The lowest BCUT2D eigenvalue weighted by Gasteiger charge is -1.95. The number of hydrogen-bond acceptors (Lipinski definition) is 3.